The summed E-state index contributed by atoms with van der Waals surface area (Å²) in [4.78, 5) is 22.9. The summed E-state index contributed by atoms with van der Waals surface area (Å²) in [5.41, 5.74) is 0.0786. The van der Waals surface area contributed by atoms with Gasteiger partial charge in [-0.3, -0.25) is 9.59 Å². The number of hydrogen-bond donors (Lipinski definition) is 2. The number of carbonyl (C=O) groups is 2. The van der Waals surface area contributed by atoms with Gasteiger partial charge in [0.2, 0.25) is 11.8 Å². The highest BCUT2D eigenvalue weighted by molar-refractivity contribution is 5.83. The molecular weight excluding hydrogens is 228 g/mol. The summed E-state index contributed by atoms with van der Waals surface area (Å²) < 4.78 is 0. The summed E-state index contributed by atoms with van der Waals surface area (Å²) in [7, 11) is 0. The van der Waals surface area contributed by atoms with Crippen LogP contribution in [0.2, 0.25) is 0 Å². The van der Waals surface area contributed by atoms with Gasteiger partial charge in [-0.15, -0.1) is 0 Å². The molecule has 18 heavy (non-hydrogen) atoms. The van der Waals surface area contributed by atoms with Crippen LogP contribution in [0.3, 0.4) is 0 Å². The van der Waals surface area contributed by atoms with E-state index in [4.69, 9.17) is 0 Å². The van der Waals surface area contributed by atoms with Gasteiger partial charge in [0.25, 0.3) is 0 Å². The summed E-state index contributed by atoms with van der Waals surface area (Å²) in [6.07, 6.45) is 1.51. The van der Waals surface area contributed by atoms with Gasteiger partial charge in [-0.05, 0) is 17.8 Å². The zero-order valence-electron chi connectivity index (χ0n) is 12.4. The van der Waals surface area contributed by atoms with Crippen molar-refractivity contribution in [2.45, 2.75) is 53.9 Å². The molecule has 106 valence electrons. The van der Waals surface area contributed by atoms with Crippen LogP contribution in [0.5, 0.6) is 0 Å². The Kier molecular flexibility index (Phi) is 7.64. The number of nitrogens with one attached hydrogen (secondary N) is 2. The fourth-order valence-corrected chi connectivity index (χ4v) is 1.27. The highest BCUT2D eigenvalue weighted by Gasteiger charge is 2.12. The van der Waals surface area contributed by atoms with E-state index in [1.807, 2.05) is 0 Å². The standard InChI is InChI=1S/C14H28N2O2/c1-11(2)8-9-15-12(17)6-7-13(18)16-10-14(3,4)5/h11H,6-10H2,1-5H3,(H,15,17)(H,16,18). The maximum atomic E-state index is 11.5. The Hall–Kier alpha value is -1.06. The Morgan fingerprint density at radius 1 is 1.00 bits per heavy atom. The minimum absolute atomic E-state index is 0.0402. The second kappa shape index (κ2) is 8.11. The molecule has 0 aromatic carbocycles. The minimum Gasteiger partial charge on any atom is -0.356 e. The average molecular weight is 256 g/mol. The lowest BCUT2D eigenvalue weighted by molar-refractivity contribution is -0.126. The maximum absolute atomic E-state index is 11.5. The van der Waals surface area contributed by atoms with E-state index in [9.17, 15) is 9.59 Å². The van der Waals surface area contributed by atoms with Crippen LogP contribution in [0, 0.1) is 11.3 Å². The number of amides is 2. The summed E-state index contributed by atoms with van der Waals surface area (Å²) in [5, 5.41) is 5.66. The molecule has 0 heterocycles. The van der Waals surface area contributed by atoms with Crippen molar-refractivity contribution in [3.63, 3.8) is 0 Å². The fraction of sp³-hybridized carbons (Fsp3) is 0.857. The molecule has 0 bridgehead atoms. The van der Waals surface area contributed by atoms with Gasteiger partial charge < -0.3 is 10.6 Å². The van der Waals surface area contributed by atoms with Crippen LogP contribution in [0.15, 0.2) is 0 Å². The largest absolute Gasteiger partial charge is 0.356 e. The Labute approximate surface area is 111 Å². The number of rotatable bonds is 7. The smallest absolute Gasteiger partial charge is 0.220 e. The molecule has 0 atom stereocenters. The van der Waals surface area contributed by atoms with E-state index >= 15 is 0 Å². The molecule has 0 radical (unpaired) electrons. The first-order valence-electron chi connectivity index (χ1n) is 6.74. The quantitative estimate of drug-likeness (QED) is 0.733. The van der Waals surface area contributed by atoms with Gasteiger partial charge in [0.1, 0.15) is 0 Å². The van der Waals surface area contributed by atoms with Gasteiger partial charge in [-0.2, -0.15) is 0 Å². The van der Waals surface area contributed by atoms with Crippen molar-refractivity contribution in [2.75, 3.05) is 13.1 Å². The van der Waals surface area contributed by atoms with E-state index in [0.29, 0.717) is 19.0 Å². The number of carbonyl (C=O) groups excluding carboxylic acids is 2. The molecule has 0 aromatic rings. The lowest BCUT2D eigenvalue weighted by Crippen LogP contribution is -2.33. The Morgan fingerprint density at radius 3 is 1.94 bits per heavy atom. The summed E-state index contributed by atoms with van der Waals surface area (Å²) in [6.45, 7) is 11.8. The summed E-state index contributed by atoms with van der Waals surface area (Å²) in [5.74, 6) is 0.492. The molecule has 0 aliphatic heterocycles. The zero-order chi connectivity index (χ0) is 14.2. The molecule has 0 fully saturated rings. The lowest BCUT2D eigenvalue weighted by atomic mass is 9.97. The molecule has 0 aliphatic carbocycles. The van der Waals surface area contributed by atoms with Gasteiger partial charge in [-0.1, -0.05) is 34.6 Å². The minimum atomic E-state index is -0.0519. The van der Waals surface area contributed by atoms with E-state index < -0.39 is 0 Å². The van der Waals surface area contributed by atoms with Crippen molar-refractivity contribution >= 4 is 11.8 Å². The van der Waals surface area contributed by atoms with Crippen LogP contribution in [0.4, 0.5) is 0 Å². The molecule has 0 spiro atoms. The van der Waals surface area contributed by atoms with Crippen molar-refractivity contribution < 1.29 is 9.59 Å². The fourth-order valence-electron chi connectivity index (χ4n) is 1.27. The van der Waals surface area contributed by atoms with Gasteiger partial charge in [-0.25, -0.2) is 0 Å². The topological polar surface area (TPSA) is 58.2 Å². The van der Waals surface area contributed by atoms with Crippen molar-refractivity contribution in [2.24, 2.45) is 11.3 Å². The molecule has 0 saturated carbocycles. The van der Waals surface area contributed by atoms with E-state index in [1.54, 1.807) is 0 Å². The van der Waals surface area contributed by atoms with Crippen LogP contribution >= 0.6 is 0 Å². The van der Waals surface area contributed by atoms with Crippen LogP contribution in [0.25, 0.3) is 0 Å². The monoisotopic (exact) mass is 256 g/mol. The van der Waals surface area contributed by atoms with Crippen molar-refractivity contribution in [1.82, 2.24) is 10.6 Å². The first-order valence-corrected chi connectivity index (χ1v) is 6.74. The SMILES string of the molecule is CC(C)CCNC(=O)CCC(=O)NCC(C)(C)C. The Morgan fingerprint density at radius 2 is 1.50 bits per heavy atom. The molecule has 2 N–H and O–H groups in total. The third kappa shape index (κ3) is 11.4. The molecule has 0 aromatic heterocycles. The third-order valence-electron chi connectivity index (χ3n) is 2.44. The molecule has 4 nitrogen and oxygen atoms in total. The Balaban J connectivity index is 3.63. The normalized spacial score (nSPS) is 11.4. The van der Waals surface area contributed by atoms with Crippen LogP contribution in [-0.4, -0.2) is 24.9 Å². The van der Waals surface area contributed by atoms with Gasteiger partial charge in [0.05, 0.1) is 0 Å². The maximum Gasteiger partial charge on any atom is 0.220 e. The predicted octanol–water partition coefficient (Wildman–Crippen LogP) is 2.09. The highest BCUT2D eigenvalue weighted by Crippen LogP contribution is 2.10. The number of hydrogen-bond acceptors (Lipinski definition) is 2. The molecule has 2 amide bonds. The van der Waals surface area contributed by atoms with E-state index in [-0.39, 0.29) is 30.1 Å². The van der Waals surface area contributed by atoms with Gasteiger partial charge >= 0.3 is 0 Å². The van der Waals surface area contributed by atoms with Crippen LogP contribution in [0.1, 0.15) is 53.9 Å². The van der Waals surface area contributed by atoms with Crippen LogP contribution < -0.4 is 10.6 Å². The van der Waals surface area contributed by atoms with Gasteiger partial charge in [0.15, 0.2) is 0 Å². The van der Waals surface area contributed by atoms with E-state index in [1.165, 1.54) is 0 Å². The van der Waals surface area contributed by atoms with Gasteiger partial charge in [0, 0.05) is 25.9 Å². The first kappa shape index (κ1) is 16.9. The molecule has 0 rings (SSSR count). The third-order valence-corrected chi connectivity index (χ3v) is 2.44. The molecule has 0 saturated heterocycles. The second-order valence-corrected chi connectivity index (χ2v) is 6.37. The summed E-state index contributed by atoms with van der Waals surface area (Å²) in [6, 6.07) is 0. The first-order chi connectivity index (χ1) is 8.20. The Bertz CT molecular complexity index is 267. The summed E-state index contributed by atoms with van der Waals surface area (Å²) >= 11 is 0. The van der Waals surface area contributed by atoms with Crippen molar-refractivity contribution in [1.29, 1.82) is 0 Å². The highest BCUT2D eigenvalue weighted by atomic mass is 16.2. The van der Waals surface area contributed by atoms with Crippen molar-refractivity contribution in [3.05, 3.63) is 0 Å². The second-order valence-electron chi connectivity index (χ2n) is 6.37. The van der Waals surface area contributed by atoms with Crippen molar-refractivity contribution in [3.8, 4) is 0 Å². The van der Waals surface area contributed by atoms with E-state index in [2.05, 4.69) is 45.3 Å². The lowest BCUT2D eigenvalue weighted by Gasteiger charge is -2.18. The average Bonchev–Trinajstić information content (AvgIpc) is 2.22. The molecule has 4 heteroatoms. The predicted molar refractivity (Wildman–Crippen MR) is 74.2 cm³/mol. The molecular formula is C14H28N2O2. The van der Waals surface area contributed by atoms with Crippen LogP contribution in [-0.2, 0) is 9.59 Å². The zero-order valence-corrected chi connectivity index (χ0v) is 12.4. The molecule has 0 aliphatic rings. The van der Waals surface area contributed by atoms with E-state index in [0.717, 1.165) is 6.42 Å². The molecule has 0 unspecified atom stereocenters.